The minimum Gasteiger partial charge on any atom is -0.495 e. The lowest BCUT2D eigenvalue weighted by Crippen LogP contribution is -2.46. The second-order valence-corrected chi connectivity index (χ2v) is 20.2. The molecule has 1 unspecified atom stereocenters. The lowest BCUT2D eigenvalue weighted by Gasteiger charge is -2.39. The predicted molar refractivity (Wildman–Crippen MR) is 287 cm³/mol. The second-order valence-electron chi connectivity index (χ2n) is 20.2. The van der Waals surface area contributed by atoms with Crippen LogP contribution in [0.15, 0.2) is 152 Å². The number of aryl methyl sites for hydroxylation is 1. The number of methoxy groups -OCH3 is 1. The number of piperidine rings is 1. The van der Waals surface area contributed by atoms with Gasteiger partial charge in [-0.05, 0) is 101 Å². The summed E-state index contributed by atoms with van der Waals surface area (Å²) in [5.74, 6) is 1.42. The van der Waals surface area contributed by atoms with Crippen LogP contribution in [-0.4, -0.2) is 58.5 Å². The minimum atomic E-state index is -0.892. The molecule has 2 fully saturated rings. The number of piperazine rings is 1. The summed E-state index contributed by atoms with van der Waals surface area (Å²) in [4.78, 5) is 20.8. The zero-order chi connectivity index (χ0) is 47.8. The summed E-state index contributed by atoms with van der Waals surface area (Å²) in [6.45, 7) is 12.3. The molecule has 1 atom stereocenters. The SMILES string of the molecule is CCCCCCc1ccc(C(=O)OC2CCN(c3cc4c5c(c6c(c4cc3OC)OC(c3ccccc3)(c3ccc(N4CCN(c7ccccc7)CC4)cc3)C=C6)C(C)(C)c3ccccc3-5)CC2)cc1. The van der Waals surface area contributed by atoms with Crippen molar-refractivity contribution >= 4 is 39.9 Å². The Balaban J connectivity index is 0.916. The van der Waals surface area contributed by atoms with E-state index in [1.165, 1.54) is 64.9 Å². The third kappa shape index (κ3) is 8.27. The van der Waals surface area contributed by atoms with Crippen molar-refractivity contribution in [2.24, 2.45) is 0 Å². The quantitative estimate of drug-likeness (QED) is 0.0843. The molecule has 2 saturated heterocycles. The summed E-state index contributed by atoms with van der Waals surface area (Å²) in [6.07, 6.45) is 11.9. The molecule has 7 aromatic carbocycles. The average Bonchev–Trinajstić information content (AvgIpc) is 3.66. The molecule has 3 aliphatic heterocycles. The van der Waals surface area contributed by atoms with Crippen LogP contribution < -0.4 is 24.2 Å². The molecule has 7 heteroatoms. The van der Waals surface area contributed by atoms with Gasteiger partial charge in [-0.3, -0.25) is 0 Å². The molecule has 70 heavy (non-hydrogen) atoms. The van der Waals surface area contributed by atoms with Crippen molar-refractivity contribution in [2.45, 2.75) is 82.8 Å². The van der Waals surface area contributed by atoms with Crippen LogP contribution >= 0.6 is 0 Å². The summed E-state index contributed by atoms with van der Waals surface area (Å²) in [5, 5.41) is 2.17. The van der Waals surface area contributed by atoms with E-state index < -0.39 is 5.60 Å². The van der Waals surface area contributed by atoms with Gasteiger partial charge in [-0.15, -0.1) is 0 Å². The Morgan fingerprint density at radius 2 is 1.31 bits per heavy atom. The van der Waals surface area contributed by atoms with Crippen molar-refractivity contribution in [2.75, 3.05) is 61.1 Å². The molecule has 4 aliphatic rings. The fraction of sp³-hybridized carbons (Fsp3) is 0.317. The molecule has 7 nitrogen and oxygen atoms in total. The molecular weight excluding hydrogens is 863 g/mol. The third-order valence-electron chi connectivity index (χ3n) is 15.7. The van der Waals surface area contributed by atoms with Gasteiger partial charge >= 0.3 is 5.97 Å². The molecule has 7 aromatic rings. The van der Waals surface area contributed by atoms with Crippen LogP contribution in [0, 0.1) is 0 Å². The first-order valence-corrected chi connectivity index (χ1v) is 25.7. The average molecular weight is 928 g/mol. The van der Waals surface area contributed by atoms with Crippen molar-refractivity contribution in [3.63, 3.8) is 0 Å². The van der Waals surface area contributed by atoms with Gasteiger partial charge in [0.05, 0.1) is 18.4 Å². The highest BCUT2D eigenvalue weighted by Crippen LogP contribution is 2.59. The standard InChI is InChI=1S/C63H65N3O4/c1-5-6-7-10-17-44-24-26-45(27-25-44)61(67)69-50-33-36-66(37-34-50)56-42-53-54(43-57(56)68-4)60-52(59-58(53)51-22-15-16-23-55(51)62(59,2)3)32-35-63(70-60,46-18-11-8-12-19-46)47-28-30-49(31-29-47)65-40-38-64(39-41-65)48-20-13-9-14-21-48/h8-9,11-16,18-32,35,42-43,50H,5-7,10,17,33-34,36-41H2,1-4H3. The molecule has 0 amide bonds. The molecule has 0 spiro atoms. The van der Waals surface area contributed by atoms with Gasteiger partial charge in [0.1, 0.15) is 17.6 Å². The number of hydrogen-bond donors (Lipinski definition) is 0. The summed E-state index contributed by atoms with van der Waals surface area (Å²) in [7, 11) is 1.77. The number of anilines is 3. The number of esters is 1. The number of hydrogen-bond acceptors (Lipinski definition) is 7. The van der Waals surface area contributed by atoms with E-state index >= 15 is 0 Å². The molecule has 11 rings (SSSR count). The molecule has 3 heterocycles. The first-order chi connectivity index (χ1) is 34.3. The van der Waals surface area contributed by atoms with Crippen LogP contribution in [0.25, 0.3) is 28.0 Å². The molecule has 356 valence electrons. The number of nitrogens with zero attached hydrogens (tertiary/aromatic N) is 3. The Kier molecular flexibility index (Phi) is 12.4. The number of fused-ring (bicyclic) bond motifs is 8. The molecule has 0 saturated carbocycles. The molecule has 0 radical (unpaired) electrons. The number of benzene rings is 7. The predicted octanol–water partition coefficient (Wildman–Crippen LogP) is 13.8. The first-order valence-electron chi connectivity index (χ1n) is 25.7. The lowest BCUT2D eigenvalue weighted by atomic mass is 9.76. The summed E-state index contributed by atoms with van der Waals surface area (Å²) >= 11 is 0. The maximum atomic E-state index is 13.4. The molecule has 0 N–H and O–H groups in total. The van der Waals surface area contributed by atoms with E-state index in [1.54, 1.807) is 7.11 Å². The van der Waals surface area contributed by atoms with E-state index in [0.717, 1.165) is 103 Å². The monoisotopic (exact) mass is 927 g/mol. The Morgan fingerprint density at radius 1 is 0.671 bits per heavy atom. The smallest absolute Gasteiger partial charge is 0.338 e. The highest BCUT2D eigenvalue weighted by Gasteiger charge is 2.45. The largest absolute Gasteiger partial charge is 0.495 e. The fourth-order valence-corrected chi connectivity index (χ4v) is 11.8. The van der Waals surface area contributed by atoms with E-state index in [1.807, 2.05) is 12.1 Å². The highest BCUT2D eigenvalue weighted by atomic mass is 16.5. The zero-order valence-electron chi connectivity index (χ0n) is 41.3. The Labute approximate surface area is 414 Å². The van der Waals surface area contributed by atoms with Gasteiger partial charge in [0.2, 0.25) is 0 Å². The van der Waals surface area contributed by atoms with Crippen LogP contribution in [-0.2, 0) is 22.2 Å². The Bertz CT molecular complexity index is 3020. The Morgan fingerprint density at radius 3 is 2.00 bits per heavy atom. The number of carbonyl (C=O) groups is 1. The second kappa shape index (κ2) is 19.1. The Hall–Kier alpha value is -6.99. The van der Waals surface area contributed by atoms with Crippen molar-refractivity contribution in [3.8, 4) is 22.6 Å². The maximum absolute atomic E-state index is 13.4. The summed E-state index contributed by atoms with van der Waals surface area (Å²) in [5.41, 5.74) is 12.6. The molecule has 1 aliphatic carbocycles. The van der Waals surface area contributed by atoms with E-state index in [4.69, 9.17) is 14.2 Å². The molecule has 0 bridgehead atoms. The number of para-hydroxylation sites is 1. The van der Waals surface area contributed by atoms with E-state index in [2.05, 4.69) is 181 Å². The number of ether oxygens (including phenoxy) is 3. The van der Waals surface area contributed by atoms with Gasteiger partial charge in [0.15, 0.2) is 5.60 Å². The normalized spacial score (nSPS) is 18.3. The highest BCUT2D eigenvalue weighted by molar-refractivity contribution is 6.10. The maximum Gasteiger partial charge on any atom is 0.338 e. The van der Waals surface area contributed by atoms with Gasteiger partial charge in [-0.25, -0.2) is 4.79 Å². The third-order valence-corrected chi connectivity index (χ3v) is 15.7. The summed E-state index contributed by atoms with van der Waals surface area (Å²) < 4.78 is 20.2. The van der Waals surface area contributed by atoms with Gasteiger partial charge in [0.25, 0.3) is 0 Å². The minimum absolute atomic E-state index is 0.155. The van der Waals surface area contributed by atoms with E-state index in [0.29, 0.717) is 5.56 Å². The van der Waals surface area contributed by atoms with Crippen LogP contribution in [0.3, 0.4) is 0 Å². The number of carbonyl (C=O) groups excluding carboxylic acids is 1. The van der Waals surface area contributed by atoms with Crippen molar-refractivity contribution in [1.29, 1.82) is 0 Å². The zero-order valence-corrected chi connectivity index (χ0v) is 41.3. The molecular formula is C63H65N3O4. The van der Waals surface area contributed by atoms with Crippen molar-refractivity contribution in [3.05, 3.63) is 191 Å². The number of rotatable bonds is 13. The van der Waals surface area contributed by atoms with Crippen LogP contribution in [0.1, 0.15) is 103 Å². The van der Waals surface area contributed by atoms with E-state index in [9.17, 15) is 4.79 Å². The van der Waals surface area contributed by atoms with Gasteiger partial charge < -0.3 is 28.9 Å². The number of unbranched alkanes of at least 4 members (excludes halogenated alkanes) is 3. The van der Waals surface area contributed by atoms with Gasteiger partial charge in [-0.1, -0.05) is 143 Å². The summed E-state index contributed by atoms with van der Waals surface area (Å²) in [6, 6.07) is 52.0. The van der Waals surface area contributed by atoms with Crippen LogP contribution in [0.2, 0.25) is 0 Å². The van der Waals surface area contributed by atoms with Crippen molar-refractivity contribution < 1.29 is 19.0 Å². The lowest BCUT2D eigenvalue weighted by molar-refractivity contribution is 0.0245. The van der Waals surface area contributed by atoms with Gasteiger partial charge in [0, 0.05) is 91.0 Å². The van der Waals surface area contributed by atoms with Crippen molar-refractivity contribution in [1.82, 2.24) is 0 Å². The molecule has 0 aromatic heterocycles. The van der Waals surface area contributed by atoms with Gasteiger partial charge in [-0.2, -0.15) is 0 Å². The topological polar surface area (TPSA) is 54.5 Å². The van der Waals surface area contributed by atoms with Crippen LogP contribution in [0.4, 0.5) is 17.1 Å². The first kappa shape index (κ1) is 45.5. The van der Waals surface area contributed by atoms with Crippen LogP contribution in [0.5, 0.6) is 11.5 Å². The fourth-order valence-electron chi connectivity index (χ4n) is 11.8. The van der Waals surface area contributed by atoms with E-state index in [-0.39, 0.29) is 17.5 Å².